The molecule has 0 fully saturated rings. The lowest BCUT2D eigenvalue weighted by atomic mass is 10.2. The summed E-state index contributed by atoms with van der Waals surface area (Å²) in [6, 6.07) is 17.5. The standard InChI is InChI=1S/C19H24N2S.C2H2O4/c1-3-20(4-2)14-9-15-21-16-10-5-7-12-18(16)22-19-13-8-6-11-17(19)21;3-1(4)2(5)6/h5-8,10-13H,3-4,9,14-15H2,1-2H3;(H,3,4)(H,5,6). The van der Waals surface area contributed by atoms with Crippen LogP contribution in [0.3, 0.4) is 0 Å². The molecule has 7 heteroatoms. The molecule has 0 saturated carbocycles. The number of hydrogen-bond donors (Lipinski definition) is 2. The highest BCUT2D eigenvalue weighted by Crippen LogP contribution is 2.47. The molecule has 0 bridgehead atoms. The zero-order valence-corrected chi connectivity index (χ0v) is 17.0. The molecule has 0 spiro atoms. The first-order valence-corrected chi connectivity index (χ1v) is 10.1. The van der Waals surface area contributed by atoms with Gasteiger partial charge in [0.15, 0.2) is 0 Å². The minimum absolute atomic E-state index is 1.07. The van der Waals surface area contributed by atoms with Crippen LogP contribution in [0.15, 0.2) is 58.3 Å². The van der Waals surface area contributed by atoms with E-state index in [9.17, 15) is 0 Å². The molecule has 0 amide bonds. The van der Waals surface area contributed by atoms with Gasteiger partial charge in [0.2, 0.25) is 0 Å². The molecule has 2 aromatic carbocycles. The maximum atomic E-state index is 9.10. The molecule has 1 aliphatic rings. The molecule has 1 heterocycles. The Balaban J connectivity index is 0.000000409. The van der Waals surface area contributed by atoms with Crippen molar-refractivity contribution in [2.75, 3.05) is 31.1 Å². The van der Waals surface area contributed by atoms with Gasteiger partial charge in [0.05, 0.1) is 11.4 Å². The van der Waals surface area contributed by atoms with Crippen molar-refractivity contribution in [3.05, 3.63) is 48.5 Å². The summed E-state index contributed by atoms with van der Waals surface area (Å²) in [5, 5.41) is 14.8. The molecule has 1 aliphatic heterocycles. The van der Waals surface area contributed by atoms with Gasteiger partial charge < -0.3 is 20.0 Å². The average molecular weight is 403 g/mol. The van der Waals surface area contributed by atoms with E-state index in [1.807, 2.05) is 11.8 Å². The fourth-order valence-corrected chi connectivity index (χ4v) is 4.11. The van der Waals surface area contributed by atoms with Crippen molar-refractivity contribution in [3.8, 4) is 0 Å². The number of rotatable bonds is 6. The van der Waals surface area contributed by atoms with Crippen LogP contribution in [0, 0.1) is 0 Å². The highest BCUT2D eigenvalue weighted by molar-refractivity contribution is 7.99. The number of fused-ring (bicyclic) bond motifs is 2. The number of carboxylic acids is 2. The Morgan fingerprint density at radius 2 is 1.36 bits per heavy atom. The molecule has 28 heavy (non-hydrogen) atoms. The van der Waals surface area contributed by atoms with Gasteiger partial charge >= 0.3 is 11.9 Å². The van der Waals surface area contributed by atoms with E-state index in [1.54, 1.807) is 0 Å². The largest absolute Gasteiger partial charge is 0.473 e. The lowest BCUT2D eigenvalue weighted by Gasteiger charge is -2.33. The third kappa shape index (κ3) is 5.74. The van der Waals surface area contributed by atoms with E-state index < -0.39 is 11.9 Å². The molecule has 0 aromatic heterocycles. The van der Waals surface area contributed by atoms with Crippen molar-refractivity contribution in [1.82, 2.24) is 4.90 Å². The summed E-state index contributed by atoms with van der Waals surface area (Å²) < 4.78 is 0. The van der Waals surface area contributed by atoms with E-state index in [2.05, 4.69) is 72.2 Å². The van der Waals surface area contributed by atoms with Gasteiger partial charge in [-0.25, -0.2) is 9.59 Å². The fourth-order valence-electron chi connectivity index (χ4n) is 3.01. The van der Waals surface area contributed by atoms with Gasteiger partial charge in [-0.05, 0) is 50.3 Å². The summed E-state index contributed by atoms with van der Waals surface area (Å²) in [7, 11) is 0. The number of hydrogen-bond acceptors (Lipinski definition) is 5. The Kier molecular flexibility index (Phi) is 8.35. The minimum atomic E-state index is -1.82. The molecule has 0 radical (unpaired) electrons. The number of benzene rings is 2. The highest BCUT2D eigenvalue weighted by Gasteiger charge is 2.22. The van der Waals surface area contributed by atoms with Gasteiger partial charge in [0.1, 0.15) is 0 Å². The van der Waals surface area contributed by atoms with Crippen molar-refractivity contribution < 1.29 is 19.8 Å². The van der Waals surface area contributed by atoms with Crippen molar-refractivity contribution in [1.29, 1.82) is 0 Å². The molecule has 6 nitrogen and oxygen atoms in total. The normalized spacial score (nSPS) is 11.9. The quantitative estimate of drug-likeness (QED) is 0.702. The summed E-state index contributed by atoms with van der Waals surface area (Å²) in [6.45, 7) is 9.00. The van der Waals surface area contributed by atoms with Crippen molar-refractivity contribution in [3.63, 3.8) is 0 Å². The smallest absolute Gasteiger partial charge is 0.414 e. The van der Waals surface area contributed by atoms with E-state index in [0.717, 1.165) is 19.6 Å². The third-order valence-electron chi connectivity index (χ3n) is 4.47. The Morgan fingerprint density at radius 1 is 0.893 bits per heavy atom. The van der Waals surface area contributed by atoms with Gasteiger partial charge in [-0.1, -0.05) is 49.9 Å². The second-order valence-electron chi connectivity index (χ2n) is 6.18. The van der Waals surface area contributed by atoms with Crippen molar-refractivity contribution in [2.24, 2.45) is 0 Å². The molecule has 150 valence electrons. The summed E-state index contributed by atoms with van der Waals surface area (Å²) in [5.41, 5.74) is 2.71. The van der Waals surface area contributed by atoms with Crippen LogP contribution in [0.25, 0.3) is 0 Å². The Hall–Kier alpha value is -2.51. The zero-order chi connectivity index (χ0) is 20.5. The Bertz CT molecular complexity index is 751. The van der Waals surface area contributed by atoms with Crippen molar-refractivity contribution in [2.45, 2.75) is 30.1 Å². The predicted octanol–water partition coefficient (Wildman–Crippen LogP) is 4.18. The van der Waals surface area contributed by atoms with Crippen LogP contribution in [0.4, 0.5) is 11.4 Å². The highest BCUT2D eigenvalue weighted by atomic mass is 32.2. The van der Waals surface area contributed by atoms with Crippen LogP contribution in [-0.4, -0.2) is 53.2 Å². The number of aliphatic carboxylic acids is 2. The molecule has 2 N–H and O–H groups in total. The van der Waals surface area contributed by atoms with Gasteiger partial charge in [-0.15, -0.1) is 0 Å². The maximum absolute atomic E-state index is 9.10. The van der Waals surface area contributed by atoms with Crippen LogP contribution in [0.1, 0.15) is 20.3 Å². The third-order valence-corrected chi connectivity index (χ3v) is 5.60. The second-order valence-corrected chi connectivity index (χ2v) is 7.26. The average Bonchev–Trinajstić information content (AvgIpc) is 2.71. The summed E-state index contributed by atoms with van der Waals surface area (Å²) in [6.07, 6.45) is 1.19. The summed E-state index contributed by atoms with van der Waals surface area (Å²) in [4.78, 5) is 25.9. The van der Waals surface area contributed by atoms with E-state index >= 15 is 0 Å². The Morgan fingerprint density at radius 3 is 1.79 bits per heavy atom. The number of carboxylic acid groups (broad SMARTS) is 2. The van der Waals surface area contributed by atoms with E-state index in [-0.39, 0.29) is 0 Å². The molecule has 0 unspecified atom stereocenters. The molecule has 0 atom stereocenters. The first kappa shape index (κ1) is 21.8. The molecule has 3 rings (SSSR count). The van der Waals surface area contributed by atoms with Gasteiger partial charge in [0, 0.05) is 16.3 Å². The number of nitrogens with zero attached hydrogens (tertiary/aromatic N) is 2. The molecule has 2 aromatic rings. The number of para-hydroxylation sites is 2. The van der Waals surface area contributed by atoms with Crippen LogP contribution >= 0.6 is 11.8 Å². The van der Waals surface area contributed by atoms with Gasteiger partial charge in [-0.2, -0.15) is 0 Å². The Labute approximate surface area is 169 Å². The van der Waals surface area contributed by atoms with Crippen molar-refractivity contribution >= 4 is 35.1 Å². The lowest BCUT2D eigenvalue weighted by molar-refractivity contribution is -0.159. The first-order valence-electron chi connectivity index (χ1n) is 9.29. The second kappa shape index (κ2) is 10.7. The monoisotopic (exact) mass is 402 g/mol. The van der Waals surface area contributed by atoms with Crippen LogP contribution in [0.2, 0.25) is 0 Å². The molecular weight excluding hydrogens is 376 g/mol. The van der Waals surface area contributed by atoms with E-state index in [0.29, 0.717) is 0 Å². The fraction of sp³-hybridized carbons (Fsp3) is 0.333. The van der Waals surface area contributed by atoms with Crippen LogP contribution in [-0.2, 0) is 9.59 Å². The molecule has 0 saturated heterocycles. The number of carbonyl (C=O) groups is 2. The topological polar surface area (TPSA) is 81.1 Å². The number of anilines is 2. The first-order chi connectivity index (χ1) is 13.5. The predicted molar refractivity (Wildman–Crippen MR) is 112 cm³/mol. The van der Waals surface area contributed by atoms with Gasteiger partial charge in [0.25, 0.3) is 0 Å². The summed E-state index contributed by atoms with van der Waals surface area (Å²) >= 11 is 1.88. The van der Waals surface area contributed by atoms with E-state index in [1.165, 1.54) is 34.1 Å². The zero-order valence-electron chi connectivity index (χ0n) is 16.2. The molecule has 0 aliphatic carbocycles. The lowest BCUT2D eigenvalue weighted by Crippen LogP contribution is -2.28. The molecular formula is C21H26N2O4S. The summed E-state index contributed by atoms with van der Waals surface area (Å²) in [5.74, 6) is -3.65. The maximum Gasteiger partial charge on any atom is 0.414 e. The van der Waals surface area contributed by atoms with Crippen LogP contribution < -0.4 is 4.90 Å². The van der Waals surface area contributed by atoms with Crippen LogP contribution in [0.5, 0.6) is 0 Å². The van der Waals surface area contributed by atoms with E-state index in [4.69, 9.17) is 19.8 Å². The minimum Gasteiger partial charge on any atom is -0.473 e. The SMILES string of the molecule is CCN(CC)CCCN1c2ccccc2Sc2ccccc21.O=C(O)C(=O)O. The van der Waals surface area contributed by atoms with Gasteiger partial charge in [-0.3, -0.25) is 0 Å².